The molecular weight excluding hydrogens is 406 g/mol. The summed E-state index contributed by atoms with van der Waals surface area (Å²) in [4.78, 5) is 29.3. The number of hydrogen-bond donors (Lipinski definition) is 1. The van der Waals surface area contributed by atoms with Crippen LogP contribution in [0, 0.1) is 0 Å². The van der Waals surface area contributed by atoms with Gasteiger partial charge in [-0.15, -0.1) is 0 Å². The van der Waals surface area contributed by atoms with E-state index in [9.17, 15) is 9.59 Å². The first kappa shape index (κ1) is 17.9. The van der Waals surface area contributed by atoms with Gasteiger partial charge in [-0.2, -0.15) is 0 Å². The number of carbonyl (C=O) groups excluding carboxylic acids is 1. The van der Waals surface area contributed by atoms with Crippen molar-refractivity contribution in [1.82, 2.24) is 14.9 Å². The lowest BCUT2D eigenvalue weighted by atomic mass is 9.88. The van der Waals surface area contributed by atoms with Gasteiger partial charge >= 0.3 is 0 Å². The summed E-state index contributed by atoms with van der Waals surface area (Å²) >= 11 is 3.38. The smallest absolute Gasteiger partial charge is 0.261 e. The maximum absolute atomic E-state index is 12.6. The zero-order valence-electron chi connectivity index (χ0n) is 14.8. The van der Waals surface area contributed by atoms with Crippen LogP contribution in [0.1, 0.15) is 24.0 Å². The van der Waals surface area contributed by atoms with E-state index in [4.69, 9.17) is 0 Å². The summed E-state index contributed by atoms with van der Waals surface area (Å²) in [5.74, 6) is -0.0272. The molecule has 6 heteroatoms. The van der Waals surface area contributed by atoms with Gasteiger partial charge < -0.3 is 5.32 Å². The molecule has 1 unspecified atom stereocenters. The molecule has 1 atom stereocenters. The Balaban J connectivity index is 1.39. The Morgan fingerprint density at radius 2 is 2.04 bits per heavy atom. The second kappa shape index (κ2) is 7.64. The lowest BCUT2D eigenvalue weighted by Crippen LogP contribution is -2.39. The Kier molecular flexibility index (Phi) is 5.07. The molecule has 138 valence electrons. The molecule has 0 bridgehead atoms. The van der Waals surface area contributed by atoms with Crippen LogP contribution < -0.4 is 10.9 Å². The number of hydrogen-bond acceptors (Lipinski definition) is 3. The molecule has 3 aromatic rings. The summed E-state index contributed by atoms with van der Waals surface area (Å²) in [6.45, 7) is 0.323. The zero-order valence-corrected chi connectivity index (χ0v) is 16.4. The summed E-state index contributed by atoms with van der Waals surface area (Å²) in [6, 6.07) is 14.0. The van der Waals surface area contributed by atoms with Gasteiger partial charge in [-0.1, -0.05) is 40.2 Å². The summed E-state index contributed by atoms with van der Waals surface area (Å²) in [7, 11) is 0. The molecule has 1 aliphatic rings. The van der Waals surface area contributed by atoms with Crippen LogP contribution >= 0.6 is 15.9 Å². The zero-order chi connectivity index (χ0) is 18.8. The molecule has 0 fully saturated rings. The van der Waals surface area contributed by atoms with Gasteiger partial charge in [-0.05, 0) is 48.6 Å². The molecule has 2 aromatic carbocycles. The third-order valence-electron chi connectivity index (χ3n) is 5.08. The fraction of sp³-hybridized carbons (Fsp3) is 0.286. The molecule has 0 saturated carbocycles. The average Bonchev–Trinajstić information content (AvgIpc) is 2.68. The maximum Gasteiger partial charge on any atom is 0.261 e. The minimum Gasteiger partial charge on any atom is -0.353 e. The predicted molar refractivity (Wildman–Crippen MR) is 109 cm³/mol. The highest BCUT2D eigenvalue weighted by Crippen LogP contribution is 2.21. The minimum atomic E-state index is -0.124. The SMILES string of the molecule is O=C(CCn1cnc2ccc(Br)cc2c1=O)NC1CCc2ccccc2C1. The van der Waals surface area contributed by atoms with Crippen LogP contribution in [0.4, 0.5) is 0 Å². The first-order valence-electron chi connectivity index (χ1n) is 9.11. The van der Waals surface area contributed by atoms with Crippen LogP contribution in [0.5, 0.6) is 0 Å². The highest BCUT2D eigenvalue weighted by molar-refractivity contribution is 9.10. The van der Waals surface area contributed by atoms with E-state index in [0.717, 1.165) is 23.7 Å². The molecule has 0 spiro atoms. The van der Waals surface area contributed by atoms with Crippen LogP contribution in [0.2, 0.25) is 0 Å². The Bertz CT molecular complexity index is 1060. The molecule has 27 heavy (non-hydrogen) atoms. The fourth-order valence-electron chi connectivity index (χ4n) is 3.63. The first-order chi connectivity index (χ1) is 13.1. The number of halogens is 1. The molecule has 1 amide bonds. The summed E-state index contributed by atoms with van der Waals surface area (Å²) in [6.07, 6.45) is 4.59. The number of aromatic nitrogens is 2. The van der Waals surface area contributed by atoms with Gasteiger partial charge in [0, 0.05) is 23.5 Å². The number of aryl methyl sites for hydroxylation is 2. The predicted octanol–water partition coefficient (Wildman–Crippen LogP) is 3.22. The Morgan fingerprint density at radius 1 is 1.22 bits per heavy atom. The number of benzene rings is 2. The largest absolute Gasteiger partial charge is 0.353 e. The van der Waals surface area contributed by atoms with Crippen LogP contribution in [-0.2, 0) is 24.2 Å². The number of fused-ring (bicyclic) bond motifs is 2. The molecule has 1 aliphatic carbocycles. The van der Waals surface area contributed by atoms with Crippen LogP contribution in [0.25, 0.3) is 10.9 Å². The molecule has 0 saturated heterocycles. The second-order valence-corrected chi connectivity index (χ2v) is 7.85. The van der Waals surface area contributed by atoms with Crippen molar-refractivity contribution in [3.63, 3.8) is 0 Å². The van der Waals surface area contributed by atoms with E-state index in [1.54, 1.807) is 12.1 Å². The highest BCUT2D eigenvalue weighted by Gasteiger charge is 2.19. The van der Waals surface area contributed by atoms with Crippen molar-refractivity contribution in [3.05, 3.63) is 74.7 Å². The fourth-order valence-corrected chi connectivity index (χ4v) is 3.99. The van der Waals surface area contributed by atoms with E-state index in [2.05, 4.69) is 44.4 Å². The Hall–Kier alpha value is -2.47. The summed E-state index contributed by atoms with van der Waals surface area (Å²) in [5.41, 5.74) is 3.22. The van der Waals surface area contributed by atoms with Crippen molar-refractivity contribution >= 4 is 32.7 Å². The number of carbonyl (C=O) groups is 1. The Morgan fingerprint density at radius 3 is 2.89 bits per heavy atom. The quantitative estimate of drug-likeness (QED) is 0.697. The van der Waals surface area contributed by atoms with Gasteiger partial charge in [-0.3, -0.25) is 14.2 Å². The number of amides is 1. The summed E-state index contributed by atoms with van der Waals surface area (Å²) < 4.78 is 2.34. The molecule has 0 radical (unpaired) electrons. The monoisotopic (exact) mass is 425 g/mol. The molecule has 0 aliphatic heterocycles. The Labute approximate surface area is 165 Å². The second-order valence-electron chi connectivity index (χ2n) is 6.93. The topological polar surface area (TPSA) is 64.0 Å². The van der Waals surface area contributed by atoms with Gasteiger partial charge in [0.25, 0.3) is 5.56 Å². The van der Waals surface area contributed by atoms with Crippen molar-refractivity contribution in [3.8, 4) is 0 Å². The van der Waals surface area contributed by atoms with Gasteiger partial charge in [-0.25, -0.2) is 4.98 Å². The van der Waals surface area contributed by atoms with Crippen LogP contribution in [0.3, 0.4) is 0 Å². The lowest BCUT2D eigenvalue weighted by Gasteiger charge is -2.25. The van der Waals surface area contributed by atoms with Crippen molar-refractivity contribution in [2.75, 3.05) is 0 Å². The molecular formula is C21H20BrN3O2. The normalized spacial score (nSPS) is 16.1. The lowest BCUT2D eigenvalue weighted by molar-refractivity contribution is -0.122. The van der Waals surface area contributed by atoms with Crippen LogP contribution in [-0.4, -0.2) is 21.5 Å². The van der Waals surface area contributed by atoms with Crippen molar-refractivity contribution in [2.24, 2.45) is 0 Å². The molecule has 5 nitrogen and oxygen atoms in total. The minimum absolute atomic E-state index is 0.0272. The van der Waals surface area contributed by atoms with E-state index in [1.165, 1.54) is 22.0 Å². The standard InChI is InChI=1S/C21H20BrN3O2/c22-16-6-8-19-18(12-16)21(27)25(13-23-19)10-9-20(26)24-17-7-5-14-3-1-2-4-15(14)11-17/h1-4,6,8,12-13,17H,5,7,9-11H2,(H,24,26). The number of nitrogens with one attached hydrogen (secondary N) is 1. The van der Waals surface area contributed by atoms with Gasteiger partial charge in [0.1, 0.15) is 0 Å². The molecule has 1 N–H and O–H groups in total. The average molecular weight is 426 g/mol. The van der Waals surface area contributed by atoms with Gasteiger partial charge in [0.2, 0.25) is 5.91 Å². The van der Waals surface area contributed by atoms with E-state index < -0.39 is 0 Å². The van der Waals surface area contributed by atoms with E-state index in [-0.39, 0.29) is 23.9 Å². The van der Waals surface area contributed by atoms with Crippen LogP contribution in [0.15, 0.2) is 58.1 Å². The third kappa shape index (κ3) is 3.95. The van der Waals surface area contributed by atoms with E-state index in [0.29, 0.717) is 17.4 Å². The molecule has 1 aromatic heterocycles. The van der Waals surface area contributed by atoms with E-state index >= 15 is 0 Å². The number of nitrogens with zero attached hydrogens (tertiary/aromatic N) is 2. The highest BCUT2D eigenvalue weighted by atomic mass is 79.9. The van der Waals surface area contributed by atoms with E-state index in [1.807, 2.05) is 12.1 Å². The van der Waals surface area contributed by atoms with Gasteiger partial charge in [0.15, 0.2) is 0 Å². The number of rotatable bonds is 4. The molecule has 4 rings (SSSR count). The van der Waals surface area contributed by atoms with Crippen molar-refractivity contribution in [1.29, 1.82) is 0 Å². The van der Waals surface area contributed by atoms with Crippen molar-refractivity contribution < 1.29 is 4.79 Å². The summed E-state index contributed by atoms with van der Waals surface area (Å²) in [5, 5.41) is 3.67. The third-order valence-corrected chi connectivity index (χ3v) is 5.57. The first-order valence-corrected chi connectivity index (χ1v) is 9.90. The van der Waals surface area contributed by atoms with Crippen molar-refractivity contribution in [2.45, 2.75) is 38.3 Å². The van der Waals surface area contributed by atoms with Gasteiger partial charge in [0.05, 0.1) is 17.2 Å². The maximum atomic E-state index is 12.6. The molecule has 1 heterocycles.